The zero-order valence-electron chi connectivity index (χ0n) is 7.58. The maximum absolute atomic E-state index is 13.4. The first-order valence-corrected chi connectivity index (χ1v) is 5.36. The molecule has 3 nitrogen and oxygen atoms in total. The largest absolute Gasteiger partial charge is 0.374 e. The molecule has 0 unspecified atom stereocenters. The summed E-state index contributed by atoms with van der Waals surface area (Å²) < 4.78 is 13.4. The second-order valence-corrected chi connectivity index (χ2v) is 4.48. The summed E-state index contributed by atoms with van der Waals surface area (Å²) >= 11 is 6.89. The molecule has 0 bridgehead atoms. The van der Waals surface area contributed by atoms with Gasteiger partial charge in [0.25, 0.3) is 0 Å². The smallest absolute Gasteiger partial charge is 0.203 e. The molecular formula is C9H7ClFN3S. The van der Waals surface area contributed by atoms with Gasteiger partial charge in [0.2, 0.25) is 5.13 Å². The average Bonchev–Trinajstić information content (AvgIpc) is 2.56. The van der Waals surface area contributed by atoms with Crippen LogP contribution in [0.25, 0.3) is 0 Å². The van der Waals surface area contributed by atoms with E-state index in [4.69, 9.17) is 17.3 Å². The van der Waals surface area contributed by atoms with Crippen molar-refractivity contribution in [2.24, 2.45) is 0 Å². The van der Waals surface area contributed by atoms with Gasteiger partial charge in [-0.2, -0.15) is 0 Å². The molecule has 0 saturated carbocycles. The number of rotatable bonds is 2. The number of nitrogens with zero attached hydrogens (tertiary/aromatic N) is 2. The van der Waals surface area contributed by atoms with Crippen molar-refractivity contribution in [3.05, 3.63) is 39.6 Å². The normalized spacial score (nSPS) is 10.5. The van der Waals surface area contributed by atoms with Crippen LogP contribution in [0.5, 0.6) is 0 Å². The zero-order chi connectivity index (χ0) is 10.8. The van der Waals surface area contributed by atoms with Gasteiger partial charge in [-0.05, 0) is 17.7 Å². The van der Waals surface area contributed by atoms with Crippen LogP contribution >= 0.6 is 22.9 Å². The number of anilines is 1. The second kappa shape index (κ2) is 4.12. The van der Waals surface area contributed by atoms with Crippen molar-refractivity contribution in [3.8, 4) is 0 Å². The van der Waals surface area contributed by atoms with E-state index in [1.165, 1.54) is 17.4 Å². The van der Waals surface area contributed by atoms with E-state index in [2.05, 4.69) is 10.2 Å². The van der Waals surface area contributed by atoms with E-state index < -0.39 is 0 Å². The molecule has 1 aromatic carbocycles. The van der Waals surface area contributed by atoms with Gasteiger partial charge in [-0.3, -0.25) is 0 Å². The van der Waals surface area contributed by atoms with Crippen molar-refractivity contribution in [1.29, 1.82) is 0 Å². The Balaban J connectivity index is 2.24. The van der Waals surface area contributed by atoms with Crippen LogP contribution in [0.15, 0.2) is 18.2 Å². The Hall–Kier alpha value is -1.20. The number of benzene rings is 1. The predicted octanol–water partition coefficient (Wildman–Crippen LogP) is 2.50. The van der Waals surface area contributed by atoms with E-state index in [0.29, 0.717) is 27.1 Å². The number of nitrogens with two attached hydrogens (primary N) is 1. The van der Waals surface area contributed by atoms with Crippen LogP contribution in [0.3, 0.4) is 0 Å². The number of nitrogen functional groups attached to an aromatic ring is 1. The summed E-state index contributed by atoms with van der Waals surface area (Å²) in [5.41, 5.74) is 5.96. The van der Waals surface area contributed by atoms with Crippen molar-refractivity contribution in [2.75, 3.05) is 5.73 Å². The topological polar surface area (TPSA) is 51.8 Å². The van der Waals surface area contributed by atoms with Crippen molar-refractivity contribution >= 4 is 28.1 Å². The molecular weight excluding hydrogens is 237 g/mol. The Bertz CT molecular complexity index is 486. The summed E-state index contributed by atoms with van der Waals surface area (Å²) in [6, 6.07) is 4.56. The Morgan fingerprint density at radius 3 is 2.80 bits per heavy atom. The number of aromatic nitrogens is 2. The molecule has 2 aromatic rings. The van der Waals surface area contributed by atoms with E-state index in [9.17, 15) is 4.39 Å². The summed E-state index contributed by atoms with van der Waals surface area (Å²) in [7, 11) is 0. The molecule has 1 heterocycles. The molecule has 0 aliphatic carbocycles. The summed E-state index contributed by atoms with van der Waals surface area (Å²) in [5.74, 6) is -0.337. The molecule has 0 spiro atoms. The highest BCUT2D eigenvalue weighted by molar-refractivity contribution is 7.15. The van der Waals surface area contributed by atoms with Gasteiger partial charge in [-0.15, -0.1) is 10.2 Å². The molecule has 0 saturated heterocycles. The van der Waals surface area contributed by atoms with Crippen LogP contribution in [-0.2, 0) is 6.42 Å². The summed E-state index contributed by atoms with van der Waals surface area (Å²) in [4.78, 5) is 0. The summed E-state index contributed by atoms with van der Waals surface area (Å²) in [6.07, 6.45) is 0.387. The first-order chi connectivity index (χ1) is 7.15. The zero-order valence-corrected chi connectivity index (χ0v) is 9.15. The Morgan fingerprint density at radius 2 is 2.20 bits per heavy atom. The number of hydrogen-bond donors (Lipinski definition) is 1. The molecule has 6 heteroatoms. The van der Waals surface area contributed by atoms with E-state index >= 15 is 0 Å². The molecule has 0 amide bonds. The molecule has 1 aromatic heterocycles. The van der Waals surface area contributed by atoms with Gasteiger partial charge in [0, 0.05) is 11.4 Å². The summed E-state index contributed by atoms with van der Waals surface area (Å²) in [6.45, 7) is 0. The molecule has 15 heavy (non-hydrogen) atoms. The second-order valence-electron chi connectivity index (χ2n) is 2.95. The van der Waals surface area contributed by atoms with E-state index in [1.807, 2.05) is 0 Å². The minimum atomic E-state index is -0.337. The van der Waals surface area contributed by atoms with Gasteiger partial charge in [0.05, 0.1) is 0 Å². The predicted molar refractivity (Wildman–Crippen MR) is 58.5 cm³/mol. The van der Waals surface area contributed by atoms with Crippen molar-refractivity contribution in [3.63, 3.8) is 0 Å². The van der Waals surface area contributed by atoms with E-state index in [-0.39, 0.29) is 5.82 Å². The van der Waals surface area contributed by atoms with Crippen LogP contribution < -0.4 is 5.73 Å². The third-order valence-corrected chi connectivity index (χ3v) is 2.83. The lowest BCUT2D eigenvalue weighted by Crippen LogP contribution is -1.91. The van der Waals surface area contributed by atoms with E-state index in [0.717, 1.165) is 0 Å². The highest BCUT2D eigenvalue weighted by Crippen LogP contribution is 2.20. The van der Waals surface area contributed by atoms with Crippen LogP contribution in [0, 0.1) is 5.82 Å². The maximum Gasteiger partial charge on any atom is 0.203 e. The first-order valence-electron chi connectivity index (χ1n) is 4.17. The monoisotopic (exact) mass is 243 g/mol. The number of hydrogen-bond acceptors (Lipinski definition) is 4. The molecule has 2 rings (SSSR count). The molecule has 0 fully saturated rings. The van der Waals surface area contributed by atoms with Crippen molar-refractivity contribution in [1.82, 2.24) is 10.2 Å². The fraction of sp³-hybridized carbons (Fsp3) is 0.111. The van der Waals surface area contributed by atoms with Crippen LogP contribution in [0.4, 0.5) is 9.52 Å². The lowest BCUT2D eigenvalue weighted by atomic mass is 10.1. The van der Waals surface area contributed by atoms with Crippen LogP contribution in [0.1, 0.15) is 10.6 Å². The van der Waals surface area contributed by atoms with Gasteiger partial charge < -0.3 is 5.73 Å². The SMILES string of the molecule is Nc1nnc(Cc2ccc(Cl)cc2F)s1. The molecule has 0 aliphatic heterocycles. The molecule has 78 valence electrons. The third-order valence-electron chi connectivity index (χ3n) is 1.84. The van der Waals surface area contributed by atoms with Gasteiger partial charge in [0.15, 0.2) is 0 Å². The van der Waals surface area contributed by atoms with Crippen LogP contribution in [0.2, 0.25) is 5.02 Å². The maximum atomic E-state index is 13.4. The Kier molecular flexibility index (Phi) is 2.83. The van der Waals surface area contributed by atoms with Crippen molar-refractivity contribution < 1.29 is 4.39 Å². The fourth-order valence-electron chi connectivity index (χ4n) is 1.17. The third kappa shape index (κ3) is 2.43. The average molecular weight is 244 g/mol. The van der Waals surface area contributed by atoms with E-state index in [1.54, 1.807) is 12.1 Å². The van der Waals surface area contributed by atoms with Gasteiger partial charge >= 0.3 is 0 Å². The summed E-state index contributed by atoms with van der Waals surface area (Å²) in [5, 5.41) is 8.94. The lowest BCUT2D eigenvalue weighted by Gasteiger charge is -1.99. The minimum Gasteiger partial charge on any atom is -0.374 e. The van der Waals surface area contributed by atoms with Crippen LogP contribution in [-0.4, -0.2) is 10.2 Å². The molecule has 0 atom stereocenters. The number of halogens is 2. The van der Waals surface area contributed by atoms with Gasteiger partial charge in [-0.1, -0.05) is 29.0 Å². The van der Waals surface area contributed by atoms with Gasteiger partial charge in [-0.25, -0.2) is 4.39 Å². The van der Waals surface area contributed by atoms with Crippen molar-refractivity contribution in [2.45, 2.75) is 6.42 Å². The minimum absolute atomic E-state index is 0.337. The first kappa shape index (κ1) is 10.3. The Labute approximate surface area is 94.7 Å². The standard InChI is InChI=1S/C9H7ClFN3S/c10-6-2-1-5(7(11)4-6)3-8-13-14-9(12)15-8/h1-2,4H,3H2,(H2,12,14). The Morgan fingerprint density at radius 1 is 1.40 bits per heavy atom. The molecule has 2 N–H and O–H groups in total. The fourth-order valence-corrected chi connectivity index (χ4v) is 1.96. The highest BCUT2D eigenvalue weighted by Gasteiger charge is 2.07. The molecule has 0 aliphatic rings. The quantitative estimate of drug-likeness (QED) is 0.882. The van der Waals surface area contributed by atoms with Gasteiger partial charge in [0.1, 0.15) is 10.8 Å². The highest BCUT2D eigenvalue weighted by atomic mass is 35.5. The lowest BCUT2D eigenvalue weighted by molar-refractivity contribution is 0.613. The molecule has 0 radical (unpaired) electrons.